The van der Waals surface area contributed by atoms with Gasteiger partial charge in [0.05, 0.1) is 6.54 Å². The van der Waals surface area contributed by atoms with Crippen LogP contribution < -0.4 is 11.1 Å². The van der Waals surface area contributed by atoms with Crippen LogP contribution in [0.15, 0.2) is 0 Å². The van der Waals surface area contributed by atoms with Gasteiger partial charge in [-0.3, -0.25) is 14.9 Å². The van der Waals surface area contributed by atoms with Gasteiger partial charge in [-0.1, -0.05) is 0 Å². The van der Waals surface area contributed by atoms with Gasteiger partial charge in [0.25, 0.3) is 0 Å². The van der Waals surface area contributed by atoms with Crippen LogP contribution in [-0.4, -0.2) is 48.5 Å². The zero-order valence-corrected chi connectivity index (χ0v) is 12.2. The van der Waals surface area contributed by atoms with Gasteiger partial charge in [0.2, 0.25) is 11.8 Å². The smallest absolute Gasteiger partial charge is 0.377 e. The number of hydrogen-bond acceptors (Lipinski definition) is 6. The lowest BCUT2D eigenvalue weighted by molar-refractivity contribution is -0.129. The standard InChI is InChI=1S/C10H22N2O5Si/c1-15-18(16-2,17-3)7-5-4-6-9(13)12-10(14)8-11/h4-8,11H2,1-3H3,(H,12,13,14). The van der Waals surface area contributed by atoms with Crippen molar-refractivity contribution in [3.63, 3.8) is 0 Å². The molecule has 8 heteroatoms. The molecule has 0 saturated heterocycles. The average molecular weight is 278 g/mol. The summed E-state index contributed by atoms with van der Waals surface area (Å²) in [6.45, 7) is -0.182. The van der Waals surface area contributed by atoms with E-state index in [-0.39, 0.29) is 18.9 Å². The van der Waals surface area contributed by atoms with E-state index in [1.165, 1.54) is 0 Å². The molecule has 106 valence electrons. The monoisotopic (exact) mass is 278 g/mol. The van der Waals surface area contributed by atoms with Crippen molar-refractivity contribution < 1.29 is 22.9 Å². The third-order valence-electron chi connectivity index (χ3n) is 2.53. The number of rotatable bonds is 9. The highest BCUT2D eigenvalue weighted by Gasteiger charge is 2.36. The first-order valence-corrected chi connectivity index (χ1v) is 7.65. The first-order chi connectivity index (χ1) is 8.53. The molecule has 0 radical (unpaired) electrons. The predicted molar refractivity (Wildman–Crippen MR) is 67.6 cm³/mol. The first-order valence-electron chi connectivity index (χ1n) is 5.71. The highest BCUT2D eigenvalue weighted by molar-refractivity contribution is 6.60. The van der Waals surface area contributed by atoms with Gasteiger partial charge in [-0.2, -0.15) is 0 Å². The van der Waals surface area contributed by atoms with Gasteiger partial charge in [0, 0.05) is 33.8 Å². The summed E-state index contributed by atoms with van der Waals surface area (Å²) >= 11 is 0. The topological polar surface area (TPSA) is 99.9 Å². The van der Waals surface area contributed by atoms with Crippen LogP contribution in [0.5, 0.6) is 0 Å². The Kier molecular flexibility index (Phi) is 8.76. The van der Waals surface area contributed by atoms with E-state index in [4.69, 9.17) is 19.0 Å². The fourth-order valence-electron chi connectivity index (χ4n) is 1.45. The zero-order valence-electron chi connectivity index (χ0n) is 11.2. The van der Waals surface area contributed by atoms with Crippen LogP contribution in [0.2, 0.25) is 6.04 Å². The van der Waals surface area contributed by atoms with E-state index in [2.05, 4.69) is 5.32 Å². The number of nitrogens with one attached hydrogen (secondary N) is 1. The molecule has 0 aromatic rings. The molecular weight excluding hydrogens is 256 g/mol. The van der Waals surface area contributed by atoms with Crippen molar-refractivity contribution in [1.29, 1.82) is 0 Å². The maximum Gasteiger partial charge on any atom is 0.500 e. The molecule has 0 fully saturated rings. The second-order valence-electron chi connectivity index (χ2n) is 3.68. The summed E-state index contributed by atoms with van der Waals surface area (Å²) in [7, 11) is 2.10. The van der Waals surface area contributed by atoms with Crippen molar-refractivity contribution in [2.45, 2.75) is 25.3 Å². The Balaban J connectivity index is 3.85. The van der Waals surface area contributed by atoms with Gasteiger partial charge < -0.3 is 19.0 Å². The average Bonchev–Trinajstić information content (AvgIpc) is 2.39. The van der Waals surface area contributed by atoms with Crippen molar-refractivity contribution in [1.82, 2.24) is 5.32 Å². The first kappa shape index (κ1) is 17.2. The number of carbonyl (C=O) groups excluding carboxylic acids is 2. The SMILES string of the molecule is CO[Si](CCCCC(=O)NC(=O)CN)(OC)OC. The van der Waals surface area contributed by atoms with E-state index in [1.807, 2.05) is 0 Å². The van der Waals surface area contributed by atoms with Gasteiger partial charge in [-0.05, 0) is 12.8 Å². The summed E-state index contributed by atoms with van der Waals surface area (Å²) in [6.07, 6.45) is 1.63. The van der Waals surface area contributed by atoms with E-state index < -0.39 is 14.7 Å². The number of amides is 2. The van der Waals surface area contributed by atoms with E-state index >= 15 is 0 Å². The summed E-state index contributed by atoms with van der Waals surface area (Å²) in [6, 6.07) is 0.634. The summed E-state index contributed by atoms with van der Waals surface area (Å²) < 4.78 is 15.7. The molecule has 0 rings (SSSR count). The van der Waals surface area contributed by atoms with Gasteiger partial charge in [-0.15, -0.1) is 0 Å². The minimum atomic E-state index is -2.55. The van der Waals surface area contributed by atoms with Crippen LogP contribution in [0.25, 0.3) is 0 Å². The third-order valence-corrected chi connectivity index (χ3v) is 5.37. The van der Waals surface area contributed by atoms with Crippen molar-refractivity contribution in [2.24, 2.45) is 5.73 Å². The summed E-state index contributed by atoms with van der Waals surface area (Å²) in [4.78, 5) is 22.1. The predicted octanol–water partition coefficient (Wildman–Crippen LogP) is -0.364. The minimum absolute atomic E-state index is 0.182. The second-order valence-corrected chi connectivity index (χ2v) is 6.77. The molecule has 0 aliphatic carbocycles. The molecule has 0 aromatic carbocycles. The molecule has 7 nitrogen and oxygen atoms in total. The molecule has 0 atom stereocenters. The lowest BCUT2D eigenvalue weighted by Crippen LogP contribution is -2.42. The highest BCUT2D eigenvalue weighted by atomic mass is 28.4. The number of carbonyl (C=O) groups is 2. The molecule has 0 heterocycles. The molecule has 0 saturated carbocycles. The Bertz CT molecular complexity index is 263. The van der Waals surface area contributed by atoms with Crippen LogP contribution in [-0.2, 0) is 22.9 Å². The maximum atomic E-state index is 11.3. The Morgan fingerprint density at radius 1 is 1.06 bits per heavy atom. The molecular formula is C10H22N2O5Si. The van der Waals surface area contributed by atoms with Crippen molar-refractivity contribution in [3.8, 4) is 0 Å². The number of imide groups is 1. The van der Waals surface area contributed by atoms with E-state index in [9.17, 15) is 9.59 Å². The van der Waals surface area contributed by atoms with Crippen LogP contribution >= 0.6 is 0 Å². The lowest BCUT2D eigenvalue weighted by Gasteiger charge is -2.24. The van der Waals surface area contributed by atoms with Crippen LogP contribution in [0.3, 0.4) is 0 Å². The van der Waals surface area contributed by atoms with Gasteiger partial charge in [0.1, 0.15) is 0 Å². The largest absolute Gasteiger partial charge is 0.500 e. The van der Waals surface area contributed by atoms with Crippen LogP contribution in [0, 0.1) is 0 Å². The Morgan fingerprint density at radius 3 is 2.06 bits per heavy atom. The normalized spacial score (nSPS) is 11.3. The fourth-order valence-corrected chi connectivity index (χ4v) is 3.25. The highest BCUT2D eigenvalue weighted by Crippen LogP contribution is 2.16. The van der Waals surface area contributed by atoms with Crippen LogP contribution in [0.1, 0.15) is 19.3 Å². The Morgan fingerprint density at radius 2 is 1.61 bits per heavy atom. The summed E-state index contributed by atoms with van der Waals surface area (Å²) in [5.74, 6) is -0.778. The molecule has 0 unspecified atom stereocenters. The van der Waals surface area contributed by atoms with E-state index in [0.717, 1.165) is 6.42 Å². The number of unbranched alkanes of at least 4 members (excludes halogenated alkanes) is 1. The van der Waals surface area contributed by atoms with Crippen molar-refractivity contribution >= 4 is 20.6 Å². The van der Waals surface area contributed by atoms with E-state index in [1.54, 1.807) is 21.3 Å². The zero-order chi connectivity index (χ0) is 14.0. The molecule has 0 aliphatic rings. The summed E-state index contributed by atoms with van der Waals surface area (Å²) in [5, 5.41) is 2.18. The third kappa shape index (κ3) is 6.22. The van der Waals surface area contributed by atoms with E-state index in [0.29, 0.717) is 12.5 Å². The fraction of sp³-hybridized carbons (Fsp3) is 0.800. The number of nitrogens with two attached hydrogens (primary N) is 1. The Labute approximate surface area is 108 Å². The molecule has 0 spiro atoms. The molecule has 18 heavy (non-hydrogen) atoms. The lowest BCUT2D eigenvalue weighted by atomic mass is 10.2. The molecule has 0 aromatic heterocycles. The van der Waals surface area contributed by atoms with Crippen LogP contribution in [0.4, 0.5) is 0 Å². The van der Waals surface area contributed by atoms with Crippen molar-refractivity contribution in [2.75, 3.05) is 27.9 Å². The van der Waals surface area contributed by atoms with Gasteiger partial charge >= 0.3 is 8.80 Å². The molecule has 2 amide bonds. The van der Waals surface area contributed by atoms with Crippen molar-refractivity contribution in [3.05, 3.63) is 0 Å². The molecule has 0 bridgehead atoms. The van der Waals surface area contributed by atoms with Gasteiger partial charge in [-0.25, -0.2) is 0 Å². The second kappa shape index (κ2) is 9.17. The maximum absolute atomic E-state index is 11.3. The molecule has 0 aliphatic heterocycles. The Hall–Kier alpha value is -0.803. The molecule has 3 N–H and O–H groups in total. The van der Waals surface area contributed by atoms with Gasteiger partial charge in [0.15, 0.2) is 0 Å². The number of hydrogen-bond donors (Lipinski definition) is 2. The quantitative estimate of drug-likeness (QED) is 0.441. The summed E-state index contributed by atoms with van der Waals surface area (Å²) in [5.41, 5.74) is 5.08. The minimum Gasteiger partial charge on any atom is -0.377 e.